The highest BCUT2D eigenvalue weighted by Crippen LogP contribution is 2.24. The molecule has 0 heterocycles. The topological polar surface area (TPSA) is 66.9 Å². The number of benzene rings is 1. The lowest BCUT2D eigenvalue weighted by atomic mass is 10.3. The summed E-state index contributed by atoms with van der Waals surface area (Å²) in [5, 5.41) is 0. The summed E-state index contributed by atoms with van der Waals surface area (Å²) in [6.07, 6.45) is -4.85. The predicted octanol–water partition coefficient (Wildman–Crippen LogP) is 2.07. The lowest BCUT2D eigenvalue weighted by molar-refractivity contribution is -0.274. The summed E-state index contributed by atoms with van der Waals surface area (Å²) in [5.41, 5.74) is 0. The maximum Gasteiger partial charge on any atom is 0.573 e. The fourth-order valence-electron chi connectivity index (χ4n) is 1.95. The van der Waals surface area contributed by atoms with Crippen LogP contribution in [0.2, 0.25) is 0 Å². The van der Waals surface area contributed by atoms with Crippen LogP contribution in [0.5, 0.6) is 5.75 Å². The quantitative estimate of drug-likeness (QED) is 0.739. The van der Waals surface area contributed by atoms with Crippen LogP contribution in [0.3, 0.4) is 0 Å². The average Bonchev–Trinajstić information content (AvgIpc) is 2.47. The molecule has 136 valence electrons. The van der Waals surface area contributed by atoms with Crippen LogP contribution in [-0.2, 0) is 14.8 Å². The second-order valence-corrected chi connectivity index (χ2v) is 6.89. The van der Waals surface area contributed by atoms with Crippen LogP contribution in [0.15, 0.2) is 29.2 Å². The van der Waals surface area contributed by atoms with Crippen LogP contribution in [0.4, 0.5) is 13.2 Å². The third-order valence-electron chi connectivity index (χ3n) is 3.24. The van der Waals surface area contributed by atoms with Gasteiger partial charge in [-0.05, 0) is 38.1 Å². The Balaban J connectivity index is 2.89. The van der Waals surface area contributed by atoms with Crippen LogP contribution < -0.4 is 4.74 Å². The van der Waals surface area contributed by atoms with Gasteiger partial charge in [-0.3, -0.25) is 4.79 Å². The predicted molar refractivity (Wildman–Crippen MR) is 80.9 cm³/mol. The number of carbonyl (C=O) groups excluding carboxylic acids is 1. The maximum atomic E-state index is 12.4. The minimum Gasteiger partial charge on any atom is -0.406 e. The third-order valence-corrected chi connectivity index (χ3v) is 5.06. The molecule has 6 nitrogen and oxygen atoms in total. The van der Waals surface area contributed by atoms with E-state index in [2.05, 4.69) is 4.74 Å². The Morgan fingerprint density at radius 1 is 1.12 bits per heavy atom. The van der Waals surface area contributed by atoms with Gasteiger partial charge in [-0.25, -0.2) is 8.42 Å². The zero-order chi connectivity index (χ0) is 18.5. The van der Waals surface area contributed by atoms with Gasteiger partial charge in [0.1, 0.15) is 5.75 Å². The van der Waals surface area contributed by atoms with Gasteiger partial charge in [0.25, 0.3) is 0 Å². The van der Waals surface area contributed by atoms with E-state index in [1.54, 1.807) is 13.8 Å². The zero-order valence-corrected chi connectivity index (χ0v) is 14.3. The van der Waals surface area contributed by atoms with Crippen molar-refractivity contribution in [2.24, 2.45) is 0 Å². The number of amides is 1. The molecule has 1 aromatic rings. The molecule has 0 N–H and O–H groups in total. The Morgan fingerprint density at radius 3 is 2.04 bits per heavy atom. The minimum atomic E-state index is -4.85. The molecule has 1 rings (SSSR count). The van der Waals surface area contributed by atoms with E-state index in [1.807, 2.05) is 0 Å². The fraction of sp³-hybridized carbons (Fsp3) is 0.500. The van der Waals surface area contributed by atoms with Crippen molar-refractivity contribution in [1.29, 1.82) is 0 Å². The van der Waals surface area contributed by atoms with Crippen molar-refractivity contribution in [3.63, 3.8) is 0 Å². The average molecular weight is 368 g/mol. The maximum absolute atomic E-state index is 12.4. The van der Waals surface area contributed by atoms with Crippen molar-refractivity contribution in [3.05, 3.63) is 24.3 Å². The smallest absolute Gasteiger partial charge is 0.406 e. The van der Waals surface area contributed by atoms with Gasteiger partial charge in [-0.2, -0.15) is 4.31 Å². The highest BCUT2D eigenvalue weighted by atomic mass is 32.2. The van der Waals surface area contributed by atoms with Crippen molar-refractivity contribution in [1.82, 2.24) is 9.21 Å². The Hall–Kier alpha value is -1.81. The molecular formula is C14H19F3N2O4S. The molecule has 1 amide bonds. The van der Waals surface area contributed by atoms with Gasteiger partial charge in [0.05, 0.1) is 11.4 Å². The monoisotopic (exact) mass is 368 g/mol. The molecule has 0 aliphatic carbocycles. The number of hydrogen-bond donors (Lipinski definition) is 0. The van der Waals surface area contributed by atoms with E-state index in [0.717, 1.165) is 28.6 Å². The summed E-state index contributed by atoms with van der Waals surface area (Å²) < 4.78 is 65.5. The summed E-state index contributed by atoms with van der Waals surface area (Å²) in [5.74, 6) is -0.883. The summed E-state index contributed by atoms with van der Waals surface area (Å²) in [7, 11) is -2.76. The van der Waals surface area contributed by atoms with Crippen LogP contribution in [-0.4, -0.2) is 56.6 Å². The van der Waals surface area contributed by atoms with Gasteiger partial charge in [0.2, 0.25) is 15.9 Å². The number of ether oxygens (including phenoxy) is 1. The van der Waals surface area contributed by atoms with Gasteiger partial charge < -0.3 is 9.64 Å². The molecule has 0 aromatic heterocycles. The number of likely N-dealkylation sites (N-methyl/N-ethyl adjacent to an activating group) is 2. The van der Waals surface area contributed by atoms with Crippen molar-refractivity contribution >= 4 is 15.9 Å². The van der Waals surface area contributed by atoms with Crippen LogP contribution in [0.25, 0.3) is 0 Å². The van der Waals surface area contributed by atoms with Gasteiger partial charge >= 0.3 is 6.36 Å². The number of nitrogens with zero attached hydrogens (tertiary/aromatic N) is 2. The Bertz CT molecular complexity index is 656. The number of rotatable bonds is 7. The Morgan fingerprint density at radius 2 is 1.62 bits per heavy atom. The van der Waals surface area contributed by atoms with Crippen LogP contribution >= 0.6 is 0 Å². The third kappa shape index (κ3) is 5.38. The molecule has 10 heteroatoms. The molecule has 0 fully saturated rings. The highest BCUT2D eigenvalue weighted by Gasteiger charge is 2.31. The number of alkyl halides is 3. The summed E-state index contributed by atoms with van der Waals surface area (Å²) in [4.78, 5) is 13.2. The molecule has 0 aliphatic heterocycles. The molecule has 0 aliphatic rings. The summed E-state index contributed by atoms with van der Waals surface area (Å²) in [6.45, 7) is 4.09. The molecule has 1 aromatic carbocycles. The number of hydrogen-bond acceptors (Lipinski definition) is 4. The van der Waals surface area contributed by atoms with Crippen molar-refractivity contribution in [2.45, 2.75) is 25.1 Å². The zero-order valence-electron chi connectivity index (χ0n) is 13.5. The van der Waals surface area contributed by atoms with E-state index >= 15 is 0 Å². The molecule has 0 atom stereocenters. The first-order valence-electron chi connectivity index (χ1n) is 7.11. The summed E-state index contributed by atoms with van der Waals surface area (Å²) in [6, 6.07) is 3.80. The molecule has 24 heavy (non-hydrogen) atoms. The molecule has 0 unspecified atom stereocenters. The number of carbonyl (C=O) groups is 1. The second-order valence-electron chi connectivity index (χ2n) is 4.85. The molecule has 0 radical (unpaired) electrons. The van der Waals surface area contributed by atoms with E-state index in [-0.39, 0.29) is 17.3 Å². The van der Waals surface area contributed by atoms with E-state index in [9.17, 15) is 26.4 Å². The van der Waals surface area contributed by atoms with E-state index < -0.39 is 22.1 Å². The van der Waals surface area contributed by atoms with E-state index in [1.165, 1.54) is 11.9 Å². The van der Waals surface area contributed by atoms with E-state index in [4.69, 9.17) is 0 Å². The highest BCUT2D eigenvalue weighted by molar-refractivity contribution is 7.89. The molecule has 0 spiro atoms. The van der Waals surface area contributed by atoms with Crippen LogP contribution in [0.1, 0.15) is 13.8 Å². The second kappa shape index (κ2) is 7.84. The normalized spacial score (nSPS) is 12.3. The standard InChI is InChI=1S/C14H19F3N2O4S/c1-4-19(5-2)13(20)10-18(3)24(21,22)12-8-6-11(7-9-12)23-14(15,16)17/h6-9H,4-5,10H2,1-3H3. The van der Waals surface area contributed by atoms with Crippen molar-refractivity contribution in [2.75, 3.05) is 26.7 Å². The van der Waals surface area contributed by atoms with Gasteiger partial charge in [0, 0.05) is 20.1 Å². The van der Waals surface area contributed by atoms with Gasteiger partial charge in [-0.15, -0.1) is 13.2 Å². The van der Waals surface area contributed by atoms with Gasteiger partial charge in [0.15, 0.2) is 0 Å². The van der Waals surface area contributed by atoms with Crippen LogP contribution in [0, 0.1) is 0 Å². The first-order valence-corrected chi connectivity index (χ1v) is 8.55. The lowest BCUT2D eigenvalue weighted by Gasteiger charge is -2.23. The molecule has 0 saturated heterocycles. The molecule has 0 saturated carbocycles. The minimum absolute atomic E-state index is 0.230. The Kier molecular flexibility index (Phi) is 6.61. The first kappa shape index (κ1) is 20.2. The number of sulfonamides is 1. The Labute approximate surface area is 138 Å². The largest absolute Gasteiger partial charge is 0.573 e. The van der Waals surface area contributed by atoms with Crippen molar-refractivity contribution < 1.29 is 31.1 Å². The number of halogens is 3. The van der Waals surface area contributed by atoms with Gasteiger partial charge in [-0.1, -0.05) is 0 Å². The first-order chi connectivity index (χ1) is 11.0. The molecular weight excluding hydrogens is 349 g/mol. The summed E-state index contributed by atoms with van der Waals surface area (Å²) >= 11 is 0. The fourth-order valence-corrected chi connectivity index (χ4v) is 3.07. The van der Waals surface area contributed by atoms with E-state index in [0.29, 0.717) is 13.1 Å². The molecule has 0 bridgehead atoms. The van der Waals surface area contributed by atoms with Crippen molar-refractivity contribution in [3.8, 4) is 5.75 Å². The lowest BCUT2D eigenvalue weighted by Crippen LogP contribution is -2.40. The SMILES string of the molecule is CCN(CC)C(=O)CN(C)S(=O)(=O)c1ccc(OC(F)(F)F)cc1.